The first-order chi connectivity index (χ1) is 64.3. The zero-order chi connectivity index (χ0) is 95.3. The van der Waals surface area contributed by atoms with E-state index in [2.05, 4.69) is 9.97 Å². The summed E-state index contributed by atoms with van der Waals surface area (Å²) in [5.41, 5.74) is -9.90. The average Bonchev–Trinajstić information content (AvgIpc) is 1.52. The average molecular weight is 1870 g/mol. The molecular weight excluding hydrogens is 1820 g/mol. The SMILES string of the molecule is FC(F)(F)c1cccc(-c2cc3cc4c(cc3cc2-c2cccc(C(F)(F)F)c2)-c2nc-4nc3[nH]c(nc4nc(nc5[nH]c(n2)c2cc6cc(-c7cccc(C(F)(F)F)c7)c(-c7cccc(C(F)(F)F)c7)cc6cc52)-c2cc5cc(-c6cccc(C(F)(F)F)c6)c(-c6cccc(C(F)(F)F)c6)cc5cc2-4)c2cc4cc(-c5cccc(C(F)(F)F)c5)c(-c5cccc(C(F)(F)F)c5)cc4cc32)c1. The third kappa shape index (κ3) is 15.8. The van der Waals surface area contributed by atoms with E-state index in [0.29, 0.717) is 0 Å². The second-order valence-electron chi connectivity index (χ2n) is 32.8. The van der Waals surface area contributed by atoms with Crippen LogP contribution in [-0.4, -0.2) is 39.9 Å². The van der Waals surface area contributed by atoms with Crippen LogP contribution < -0.4 is 0 Å². The summed E-state index contributed by atoms with van der Waals surface area (Å²) in [7, 11) is 0. The Morgan fingerprint density at radius 2 is 0.279 bits per heavy atom. The van der Waals surface area contributed by atoms with Gasteiger partial charge in [-0.25, -0.2) is 29.9 Å². The van der Waals surface area contributed by atoms with Gasteiger partial charge in [0.15, 0.2) is 23.3 Å². The Morgan fingerprint density at radius 3 is 0.419 bits per heavy atom. The van der Waals surface area contributed by atoms with Gasteiger partial charge in [0, 0.05) is 43.8 Å². The number of rotatable bonds is 8. The lowest BCUT2D eigenvalue weighted by molar-refractivity contribution is -0.138. The largest absolute Gasteiger partial charge is 0.416 e. The molecule has 0 saturated heterocycles. The number of halogens is 24. The number of hydrogen-bond donors (Lipinski definition) is 2. The molecule has 2 N–H and O–H groups in total. The van der Waals surface area contributed by atoms with E-state index < -0.39 is 93.9 Å². The van der Waals surface area contributed by atoms with Crippen molar-refractivity contribution in [2.45, 2.75) is 49.4 Å². The topological polar surface area (TPSA) is 109 Å². The van der Waals surface area contributed by atoms with Gasteiger partial charge in [0.25, 0.3) is 0 Å². The highest BCUT2D eigenvalue weighted by atomic mass is 19.4. The molecule has 0 aliphatic carbocycles. The summed E-state index contributed by atoms with van der Waals surface area (Å²) in [5.74, 6) is -0.906. The lowest BCUT2D eigenvalue weighted by Gasteiger charge is -2.16. The molecule has 2 aliphatic heterocycles. The lowest BCUT2D eigenvalue weighted by atomic mass is 9.89. The van der Waals surface area contributed by atoms with E-state index in [0.717, 1.165) is 146 Å². The number of alkyl halides is 24. The minimum absolute atomic E-state index is 0.000135. The quantitative estimate of drug-likeness (QED) is 0.147. The van der Waals surface area contributed by atoms with Gasteiger partial charge in [-0.2, -0.15) is 105 Å². The predicted octanol–water partition coefficient (Wildman–Crippen LogP) is 33.0. The number of benzene rings is 16. The molecule has 2 aliphatic rings. The molecule has 0 fully saturated rings. The molecule has 5 heterocycles. The third-order valence-electron chi connectivity index (χ3n) is 24.2. The molecule has 0 saturated carbocycles. The van der Waals surface area contributed by atoms with Crippen molar-refractivity contribution in [2.75, 3.05) is 0 Å². The second-order valence-corrected chi connectivity index (χ2v) is 32.8. The highest BCUT2D eigenvalue weighted by Gasteiger charge is 2.39. The van der Waals surface area contributed by atoms with E-state index in [1.807, 2.05) is 0 Å². The minimum atomic E-state index is -4.93. The van der Waals surface area contributed by atoms with Crippen LogP contribution in [0.15, 0.2) is 291 Å². The molecule has 8 nitrogen and oxygen atoms in total. The standard InChI is InChI=1S/C104H50F24N8/c105-97(106,107)65-17-1-9-49(25-65)73-33-57-41-81-82(42-58(57)34-74(73)50-10-2-18-66(26-50)98(108,109)110)90-129-89(81)133-91-83-43-59-35-75(51-11-3-19-67(27-51)99(111,112)113)76(52-12-4-20-68(28-52)100(114,115)116)36-60(59)44-84(83)93(130-91)135-95-87-47-63-39-79(55-15-7-23-71(31-55)103(123,124)125)80(56-16-8-24-72(32-56)104(126,127)128)40-64(63)48-88(87)96(132-95)136-94-86-46-62-38-78(54-14-6-22-70(30-54)102(120,121)122)77(37-61(62)45-85(86)92(131-94)134-90)53-13-5-21-69(29-53)101(117,118)119/h1-48H,(H2,129,130,131,132,133,134,135,136). The molecule has 19 aromatic rings. The molecule has 674 valence electrons. The molecule has 0 radical (unpaired) electrons. The molecule has 136 heavy (non-hydrogen) atoms. The van der Waals surface area contributed by atoms with Crippen molar-refractivity contribution in [3.8, 4) is 135 Å². The Kier molecular flexibility index (Phi) is 19.8. The zero-order valence-corrected chi connectivity index (χ0v) is 68.5. The highest BCUT2D eigenvalue weighted by Crippen LogP contribution is 2.52. The van der Waals surface area contributed by atoms with Gasteiger partial charge in [-0.3, -0.25) is 0 Å². The molecule has 16 aromatic carbocycles. The number of nitrogens with one attached hydrogen (secondary N) is 2. The van der Waals surface area contributed by atoms with E-state index >= 15 is 0 Å². The van der Waals surface area contributed by atoms with Gasteiger partial charge in [0.05, 0.1) is 44.5 Å². The van der Waals surface area contributed by atoms with Crippen LogP contribution in [0.25, 0.3) is 222 Å². The number of nitrogens with zero attached hydrogens (tertiary/aromatic N) is 6. The Hall–Kier alpha value is -15.8. The maximum atomic E-state index is 14.8. The van der Waals surface area contributed by atoms with Crippen molar-refractivity contribution in [1.82, 2.24) is 39.9 Å². The van der Waals surface area contributed by atoms with Crippen LogP contribution in [0.5, 0.6) is 0 Å². The lowest BCUT2D eigenvalue weighted by Crippen LogP contribution is -2.05. The summed E-state index contributed by atoms with van der Waals surface area (Å²) in [6.07, 6.45) is -39.5. The summed E-state index contributed by atoms with van der Waals surface area (Å²) in [5, 5.41) is 2.17. The molecule has 32 heteroatoms. The number of aromatic nitrogens is 8. The monoisotopic (exact) mass is 1870 g/mol. The van der Waals surface area contributed by atoms with E-state index in [9.17, 15) is 105 Å². The van der Waals surface area contributed by atoms with Crippen LogP contribution >= 0.6 is 0 Å². The van der Waals surface area contributed by atoms with Gasteiger partial charge >= 0.3 is 49.4 Å². The molecular formula is C104H50F24N8. The van der Waals surface area contributed by atoms with Crippen LogP contribution in [-0.2, 0) is 49.4 Å². The fourth-order valence-electron chi connectivity index (χ4n) is 17.8. The smallest absolute Gasteiger partial charge is 0.324 e. The van der Waals surface area contributed by atoms with Gasteiger partial charge in [0.1, 0.15) is 22.6 Å². The summed E-state index contributed by atoms with van der Waals surface area (Å²) >= 11 is 0. The fourth-order valence-corrected chi connectivity index (χ4v) is 17.8. The van der Waals surface area contributed by atoms with E-state index in [4.69, 9.17) is 29.9 Å². The molecule has 0 unspecified atom stereocenters. The van der Waals surface area contributed by atoms with Crippen molar-refractivity contribution >= 4 is 87.2 Å². The summed E-state index contributed by atoms with van der Waals surface area (Å²) in [4.78, 5) is 37.7. The van der Waals surface area contributed by atoms with Crippen LogP contribution in [0.3, 0.4) is 0 Å². The third-order valence-corrected chi connectivity index (χ3v) is 24.2. The predicted molar refractivity (Wildman–Crippen MR) is 470 cm³/mol. The van der Waals surface area contributed by atoms with E-state index in [1.165, 1.54) is 121 Å². The number of fused-ring (bicyclic) bond motifs is 24. The summed E-state index contributed by atoms with van der Waals surface area (Å²) in [6, 6.07) is 56.4. The molecule has 8 bridgehead atoms. The molecule has 21 rings (SSSR count). The normalized spacial score (nSPS) is 13.0. The zero-order valence-electron chi connectivity index (χ0n) is 68.5. The van der Waals surface area contributed by atoms with Crippen molar-refractivity contribution in [3.63, 3.8) is 0 Å². The first-order valence-corrected chi connectivity index (χ1v) is 41.0. The van der Waals surface area contributed by atoms with Crippen molar-refractivity contribution in [2.24, 2.45) is 0 Å². The Labute approximate surface area is 748 Å². The summed E-state index contributed by atoms with van der Waals surface area (Å²) < 4.78 is 355. The molecule has 3 aromatic heterocycles. The molecule has 0 spiro atoms. The second kappa shape index (κ2) is 30.9. The van der Waals surface area contributed by atoms with Gasteiger partial charge in [0.2, 0.25) is 0 Å². The maximum Gasteiger partial charge on any atom is 0.416 e. The van der Waals surface area contributed by atoms with Crippen LogP contribution in [0.1, 0.15) is 44.5 Å². The maximum absolute atomic E-state index is 14.8. The van der Waals surface area contributed by atoms with Gasteiger partial charge in [-0.05, 0) is 326 Å². The highest BCUT2D eigenvalue weighted by molar-refractivity contribution is 6.16. The van der Waals surface area contributed by atoms with Crippen LogP contribution in [0.2, 0.25) is 0 Å². The van der Waals surface area contributed by atoms with Gasteiger partial charge in [-0.1, -0.05) is 97.1 Å². The van der Waals surface area contributed by atoms with Crippen molar-refractivity contribution in [1.29, 1.82) is 0 Å². The number of H-pyrrole nitrogens is 2. The van der Waals surface area contributed by atoms with Crippen molar-refractivity contribution in [3.05, 3.63) is 336 Å². The van der Waals surface area contributed by atoms with Crippen LogP contribution in [0.4, 0.5) is 105 Å². The molecule has 0 atom stereocenters. The Morgan fingerprint density at radius 1 is 0.147 bits per heavy atom. The fraction of sp³-hybridized carbons (Fsp3) is 0.0769. The van der Waals surface area contributed by atoms with Gasteiger partial charge < -0.3 is 9.97 Å². The van der Waals surface area contributed by atoms with Gasteiger partial charge in [-0.15, -0.1) is 0 Å². The van der Waals surface area contributed by atoms with Crippen LogP contribution in [0, 0.1) is 0 Å². The summed E-state index contributed by atoms with van der Waals surface area (Å²) in [6.45, 7) is 0. The minimum Gasteiger partial charge on any atom is -0.324 e. The molecule has 0 amide bonds. The van der Waals surface area contributed by atoms with E-state index in [-0.39, 0.29) is 222 Å². The van der Waals surface area contributed by atoms with E-state index in [1.54, 1.807) is 24.3 Å². The first-order valence-electron chi connectivity index (χ1n) is 41.0. The number of hydrogen-bond acceptors (Lipinski definition) is 6. The number of aromatic amines is 2. The Balaban J connectivity index is 0.903. The van der Waals surface area contributed by atoms with Crippen molar-refractivity contribution < 1.29 is 105 Å². The Bertz CT molecular complexity index is 7530. The first kappa shape index (κ1) is 86.9.